The van der Waals surface area contributed by atoms with Crippen LogP contribution in [-0.2, 0) is 0 Å². The number of fused-ring (bicyclic) bond motifs is 1. The average molecular weight is 337 g/mol. The van der Waals surface area contributed by atoms with Crippen molar-refractivity contribution in [1.29, 1.82) is 0 Å². The van der Waals surface area contributed by atoms with Gasteiger partial charge in [0.1, 0.15) is 23.4 Å². The smallest absolute Gasteiger partial charge is 0.137 e. The summed E-state index contributed by atoms with van der Waals surface area (Å²) >= 11 is 0. The molecular formula is C19H13F2N3O. The van der Waals surface area contributed by atoms with Crippen LogP contribution in [0.2, 0.25) is 0 Å². The van der Waals surface area contributed by atoms with Crippen molar-refractivity contribution in [3.05, 3.63) is 83.9 Å². The molecule has 1 unspecified atom stereocenters. The first-order valence-electron chi connectivity index (χ1n) is 7.64. The summed E-state index contributed by atoms with van der Waals surface area (Å²) in [5, 5.41) is 11.3. The van der Waals surface area contributed by atoms with Crippen molar-refractivity contribution in [2.24, 2.45) is 0 Å². The number of nitrogens with one attached hydrogen (secondary N) is 1. The van der Waals surface area contributed by atoms with E-state index in [0.29, 0.717) is 16.6 Å². The van der Waals surface area contributed by atoms with E-state index in [2.05, 4.69) is 15.0 Å². The predicted molar refractivity (Wildman–Crippen MR) is 89.7 cm³/mol. The van der Waals surface area contributed by atoms with Gasteiger partial charge < -0.3 is 10.1 Å². The van der Waals surface area contributed by atoms with Gasteiger partial charge in [0.25, 0.3) is 0 Å². The third-order valence-electron chi connectivity index (χ3n) is 4.11. The molecule has 0 aliphatic heterocycles. The predicted octanol–water partition coefficient (Wildman–Crippen LogP) is 3.98. The molecule has 0 amide bonds. The summed E-state index contributed by atoms with van der Waals surface area (Å²) in [5.41, 5.74) is 2.76. The lowest BCUT2D eigenvalue weighted by Crippen LogP contribution is -2.02. The number of pyridine rings is 2. The summed E-state index contributed by atoms with van der Waals surface area (Å²) < 4.78 is 27.1. The van der Waals surface area contributed by atoms with Crippen LogP contribution in [0.15, 0.2) is 61.2 Å². The molecule has 6 heteroatoms. The average Bonchev–Trinajstić information content (AvgIpc) is 3.05. The monoisotopic (exact) mass is 337 g/mol. The van der Waals surface area contributed by atoms with Crippen LogP contribution in [0.1, 0.15) is 17.2 Å². The first-order valence-corrected chi connectivity index (χ1v) is 7.64. The molecule has 0 saturated carbocycles. The molecule has 0 fully saturated rings. The number of aliphatic hydroxyl groups excluding tert-OH is 1. The third-order valence-corrected chi connectivity index (χ3v) is 4.11. The van der Waals surface area contributed by atoms with E-state index < -0.39 is 17.7 Å². The first kappa shape index (κ1) is 15.4. The van der Waals surface area contributed by atoms with Gasteiger partial charge in [0.2, 0.25) is 0 Å². The van der Waals surface area contributed by atoms with Crippen LogP contribution in [-0.4, -0.2) is 20.1 Å². The minimum Gasteiger partial charge on any atom is -0.383 e. The molecule has 0 saturated heterocycles. The molecule has 124 valence electrons. The zero-order valence-electron chi connectivity index (χ0n) is 12.9. The molecule has 0 spiro atoms. The number of rotatable bonds is 3. The molecule has 4 rings (SSSR count). The summed E-state index contributed by atoms with van der Waals surface area (Å²) in [6.07, 6.45) is 5.44. The molecule has 4 nitrogen and oxygen atoms in total. The van der Waals surface area contributed by atoms with Gasteiger partial charge in [-0.15, -0.1) is 0 Å². The molecule has 25 heavy (non-hydrogen) atoms. The van der Waals surface area contributed by atoms with Crippen LogP contribution in [0.3, 0.4) is 0 Å². The highest BCUT2D eigenvalue weighted by Gasteiger charge is 2.20. The Hall–Kier alpha value is -3.12. The lowest BCUT2D eigenvalue weighted by Gasteiger charge is -2.11. The second-order valence-electron chi connectivity index (χ2n) is 5.67. The topological polar surface area (TPSA) is 61.8 Å². The van der Waals surface area contributed by atoms with Gasteiger partial charge in [-0.3, -0.25) is 4.98 Å². The quantitative estimate of drug-likeness (QED) is 0.594. The molecular weight excluding hydrogens is 324 g/mol. The highest BCUT2D eigenvalue weighted by Crippen LogP contribution is 2.32. The van der Waals surface area contributed by atoms with E-state index in [9.17, 15) is 13.9 Å². The lowest BCUT2D eigenvalue weighted by atomic mass is 9.99. The zero-order valence-corrected chi connectivity index (χ0v) is 12.9. The van der Waals surface area contributed by atoms with Crippen LogP contribution in [0.25, 0.3) is 22.2 Å². The fourth-order valence-electron chi connectivity index (χ4n) is 2.83. The van der Waals surface area contributed by atoms with Crippen molar-refractivity contribution in [3.63, 3.8) is 0 Å². The minimum atomic E-state index is -1.24. The van der Waals surface area contributed by atoms with Gasteiger partial charge in [0, 0.05) is 58.5 Å². The zero-order chi connectivity index (χ0) is 17.4. The van der Waals surface area contributed by atoms with Gasteiger partial charge in [-0.2, -0.15) is 0 Å². The van der Waals surface area contributed by atoms with Crippen molar-refractivity contribution in [3.8, 4) is 11.1 Å². The summed E-state index contributed by atoms with van der Waals surface area (Å²) in [4.78, 5) is 11.4. The van der Waals surface area contributed by atoms with Gasteiger partial charge in [-0.05, 0) is 18.2 Å². The van der Waals surface area contributed by atoms with E-state index in [1.807, 2.05) is 18.2 Å². The highest BCUT2D eigenvalue weighted by atomic mass is 19.1. The van der Waals surface area contributed by atoms with E-state index in [0.717, 1.165) is 23.3 Å². The number of H-pyrrole nitrogens is 1. The van der Waals surface area contributed by atoms with E-state index in [1.54, 1.807) is 24.8 Å². The third kappa shape index (κ3) is 2.77. The van der Waals surface area contributed by atoms with Crippen LogP contribution in [0.4, 0.5) is 8.78 Å². The number of hydrogen-bond acceptors (Lipinski definition) is 3. The Morgan fingerprint density at radius 1 is 1.00 bits per heavy atom. The van der Waals surface area contributed by atoms with E-state index in [1.165, 1.54) is 6.07 Å². The molecule has 3 aromatic heterocycles. The molecule has 2 N–H and O–H groups in total. The Morgan fingerprint density at radius 2 is 1.88 bits per heavy atom. The fraction of sp³-hybridized carbons (Fsp3) is 0.0526. The molecule has 0 aliphatic carbocycles. The maximum absolute atomic E-state index is 14.0. The second kappa shape index (κ2) is 6.07. The number of hydrogen-bond donors (Lipinski definition) is 2. The Kier molecular flexibility index (Phi) is 3.74. The molecule has 3 heterocycles. The Balaban J connectivity index is 1.82. The van der Waals surface area contributed by atoms with Gasteiger partial charge in [-0.1, -0.05) is 12.1 Å². The van der Waals surface area contributed by atoms with Gasteiger partial charge in [0.15, 0.2) is 0 Å². The summed E-state index contributed by atoms with van der Waals surface area (Å²) in [5.74, 6) is -1.48. The lowest BCUT2D eigenvalue weighted by molar-refractivity contribution is 0.216. The van der Waals surface area contributed by atoms with E-state index in [-0.39, 0.29) is 5.56 Å². The Labute approximate surface area is 141 Å². The van der Waals surface area contributed by atoms with Gasteiger partial charge >= 0.3 is 0 Å². The SMILES string of the molecule is OC(c1ccc(F)cc1F)c1c[nH]c2ncc(-c3cccnc3)cc12. The van der Waals surface area contributed by atoms with Crippen molar-refractivity contribution in [2.45, 2.75) is 6.10 Å². The van der Waals surface area contributed by atoms with Gasteiger partial charge in [0.05, 0.1) is 0 Å². The van der Waals surface area contributed by atoms with Crippen molar-refractivity contribution < 1.29 is 13.9 Å². The van der Waals surface area contributed by atoms with Crippen molar-refractivity contribution in [2.75, 3.05) is 0 Å². The first-order chi connectivity index (χ1) is 12.1. The summed E-state index contributed by atoms with van der Waals surface area (Å²) in [6, 6.07) is 8.70. The molecule has 0 radical (unpaired) electrons. The highest BCUT2D eigenvalue weighted by molar-refractivity contribution is 5.85. The second-order valence-corrected chi connectivity index (χ2v) is 5.67. The number of aromatic amines is 1. The Morgan fingerprint density at radius 3 is 2.64 bits per heavy atom. The molecule has 0 aliphatic rings. The standard InChI is InChI=1S/C19H13F2N3O/c20-13-3-4-14(17(21)7-13)18(25)16-10-24-19-15(16)6-12(9-23-19)11-2-1-5-22-8-11/h1-10,18,25H,(H,23,24). The summed E-state index contributed by atoms with van der Waals surface area (Å²) in [7, 11) is 0. The van der Waals surface area contributed by atoms with E-state index in [4.69, 9.17) is 0 Å². The number of aromatic nitrogens is 3. The Bertz CT molecular complexity index is 1050. The minimum absolute atomic E-state index is 0.00841. The molecule has 4 aromatic rings. The molecule has 1 aromatic carbocycles. The van der Waals surface area contributed by atoms with E-state index >= 15 is 0 Å². The normalized spacial score (nSPS) is 12.4. The molecule has 0 bridgehead atoms. The number of nitrogens with zero attached hydrogens (tertiary/aromatic N) is 2. The molecule has 1 atom stereocenters. The maximum atomic E-state index is 14.0. The largest absolute Gasteiger partial charge is 0.383 e. The number of halogens is 2. The maximum Gasteiger partial charge on any atom is 0.137 e. The van der Waals surface area contributed by atoms with Crippen molar-refractivity contribution in [1.82, 2.24) is 15.0 Å². The summed E-state index contributed by atoms with van der Waals surface area (Å²) in [6.45, 7) is 0. The van der Waals surface area contributed by atoms with Crippen LogP contribution in [0.5, 0.6) is 0 Å². The van der Waals surface area contributed by atoms with Crippen LogP contribution in [0, 0.1) is 11.6 Å². The number of aliphatic hydroxyl groups is 1. The van der Waals surface area contributed by atoms with Crippen LogP contribution >= 0.6 is 0 Å². The van der Waals surface area contributed by atoms with Crippen LogP contribution < -0.4 is 0 Å². The fourth-order valence-corrected chi connectivity index (χ4v) is 2.83. The van der Waals surface area contributed by atoms with Crippen molar-refractivity contribution >= 4 is 11.0 Å². The number of benzene rings is 1. The van der Waals surface area contributed by atoms with Gasteiger partial charge in [-0.25, -0.2) is 13.8 Å².